The zero-order chi connectivity index (χ0) is 5.56. The second-order valence-electron chi connectivity index (χ2n) is 3.30. The van der Waals surface area contributed by atoms with E-state index in [0.717, 1.165) is 17.8 Å². The Morgan fingerprint density at radius 3 is 2.75 bits per heavy atom. The van der Waals surface area contributed by atoms with Crippen LogP contribution in [0.25, 0.3) is 0 Å². The Hall–Kier alpha value is -0.0400. The molecule has 2 fully saturated rings. The summed E-state index contributed by atoms with van der Waals surface area (Å²) in [5, 5.41) is 3.41. The van der Waals surface area contributed by atoms with Crippen molar-refractivity contribution in [3.8, 4) is 0 Å². The van der Waals surface area contributed by atoms with Gasteiger partial charge in [-0.25, -0.2) is 0 Å². The van der Waals surface area contributed by atoms with Gasteiger partial charge in [0.1, 0.15) is 0 Å². The molecule has 46 valence electrons. The summed E-state index contributed by atoms with van der Waals surface area (Å²) in [7, 11) is 0. The molecule has 0 radical (unpaired) electrons. The van der Waals surface area contributed by atoms with Crippen LogP contribution in [0.1, 0.15) is 13.3 Å². The monoisotopic (exact) mass is 111 g/mol. The maximum Gasteiger partial charge on any atom is -0.00147 e. The average molecular weight is 111 g/mol. The molecule has 3 atom stereocenters. The molecule has 0 amide bonds. The number of rotatable bonds is 0. The third-order valence-corrected chi connectivity index (χ3v) is 2.80. The van der Waals surface area contributed by atoms with Gasteiger partial charge in [-0.05, 0) is 37.3 Å². The predicted molar refractivity (Wildman–Crippen MR) is 33.6 cm³/mol. The first kappa shape index (κ1) is 4.80. The van der Waals surface area contributed by atoms with Gasteiger partial charge in [-0.2, -0.15) is 0 Å². The Labute approximate surface area is 50.5 Å². The van der Waals surface area contributed by atoms with Gasteiger partial charge in [-0.3, -0.25) is 0 Å². The largest absolute Gasteiger partial charge is 0.316 e. The fourth-order valence-electron chi connectivity index (χ4n) is 2.13. The summed E-state index contributed by atoms with van der Waals surface area (Å²) in [6.45, 7) is 4.97. The first-order valence-electron chi connectivity index (χ1n) is 3.58. The second-order valence-corrected chi connectivity index (χ2v) is 3.30. The summed E-state index contributed by atoms with van der Waals surface area (Å²) in [5.74, 6) is 3.13. The fraction of sp³-hybridized carbons (Fsp3) is 1.00. The highest BCUT2D eigenvalue weighted by Crippen LogP contribution is 2.41. The van der Waals surface area contributed by atoms with Crippen molar-refractivity contribution in [1.82, 2.24) is 5.32 Å². The van der Waals surface area contributed by atoms with Gasteiger partial charge < -0.3 is 5.32 Å². The summed E-state index contributed by atoms with van der Waals surface area (Å²) < 4.78 is 0. The molecule has 0 bridgehead atoms. The zero-order valence-electron chi connectivity index (χ0n) is 5.35. The van der Waals surface area contributed by atoms with Crippen molar-refractivity contribution in [1.29, 1.82) is 0 Å². The molecule has 0 aromatic carbocycles. The van der Waals surface area contributed by atoms with E-state index in [1.807, 2.05) is 0 Å². The van der Waals surface area contributed by atoms with E-state index in [-0.39, 0.29) is 0 Å². The van der Waals surface area contributed by atoms with E-state index in [0.29, 0.717) is 0 Å². The molecular weight excluding hydrogens is 98.1 g/mol. The molecule has 1 aliphatic carbocycles. The van der Waals surface area contributed by atoms with Crippen LogP contribution in [0.15, 0.2) is 0 Å². The summed E-state index contributed by atoms with van der Waals surface area (Å²) in [5.41, 5.74) is 0. The highest BCUT2D eigenvalue weighted by Gasteiger charge is 2.40. The molecule has 2 rings (SSSR count). The first-order chi connectivity index (χ1) is 3.88. The van der Waals surface area contributed by atoms with Crippen molar-refractivity contribution in [3.05, 3.63) is 0 Å². The van der Waals surface area contributed by atoms with Crippen LogP contribution < -0.4 is 5.32 Å². The van der Waals surface area contributed by atoms with E-state index in [1.165, 1.54) is 19.5 Å². The van der Waals surface area contributed by atoms with E-state index in [1.54, 1.807) is 0 Å². The third kappa shape index (κ3) is 0.455. The van der Waals surface area contributed by atoms with Crippen LogP contribution in [0, 0.1) is 17.8 Å². The van der Waals surface area contributed by atoms with Crippen molar-refractivity contribution in [2.24, 2.45) is 17.8 Å². The Morgan fingerprint density at radius 1 is 1.38 bits per heavy atom. The Morgan fingerprint density at radius 2 is 2.25 bits per heavy atom. The number of hydrogen-bond donors (Lipinski definition) is 1. The molecule has 0 spiro atoms. The highest BCUT2D eigenvalue weighted by molar-refractivity contribution is 4.93. The molecule has 1 aliphatic heterocycles. The van der Waals surface area contributed by atoms with Crippen LogP contribution >= 0.6 is 0 Å². The molecule has 1 saturated carbocycles. The number of hydrogen-bond acceptors (Lipinski definition) is 1. The van der Waals surface area contributed by atoms with Crippen molar-refractivity contribution < 1.29 is 0 Å². The molecule has 1 heterocycles. The molecule has 8 heavy (non-hydrogen) atoms. The van der Waals surface area contributed by atoms with Crippen molar-refractivity contribution in [3.63, 3.8) is 0 Å². The molecule has 1 nitrogen and oxygen atoms in total. The Kier molecular flexibility index (Phi) is 0.884. The lowest BCUT2D eigenvalue weighted by molar-refractivity contribution is 0.140. The topological polar surface area (TPSA) is 12.0 Å². The maximum atomic E-state index is 3.41. The minimum absolute atomic E-state index is 1.02. The minimum atomic E-state index is 1.02. The van der Waals surface area contributed by atoms with Crippen molar-refractivity contribution >= 4 is 0 Å². The van der Waals surface area contributed by atoms with Gasteiger partial charge in [-0.15, -0.1) is 0 Å². The molecular formula is C7H13N. The lowest BCUT2D eigenvalue weighted by atomic mass is 9.68. The first-order valence-corrected chi connectivity index (χ1v) is 3.58. The summed E-state index contributed by atoms with van der Waals surface area (Å²) >= 11 is 0. The van der Waals surface area contributed by atoms with Gasteiger partial charge in [-0.1, -0.05) is 6.92 Å². The molecule has 0 aromatic rings. The van der Waals surface area contributed by atoms with E-state index in [4.69, 9.17) is 0 Å². The van der Waals surface area contributed by atoms with E-state index >= 15 is 0 Å². The van der Waals surface area contributed by atoms with Crippen LogP contribution in [-0.4, -0.2) is 13.1 Å². The number of fused-ring (bicyclic) bond motifs is 1. The van der Waals surface area contributed by atoms with Crippen LogP contribution in [0.5, 0.6) is 0 Å². The van der Waals surface area contributed by atoms with Gasteiger partial charge in [0.05, 0.1) is 0 Å². The minimum Gasteiger partial charge on any atom is -0.316 e. The quantitative estimate of drug-likeness (QED) is 0.489. The van der Waals surface area contributed by atoms with Crippen molar-refractivity contribution in [2.45, 2.75) is 13.3 Å². The lowest BCUT2D eigenvalue weighted by Gasteiger charge is -2.36. The normalized spacial score (nSPS) is 52.9. The molecule has 1 N–H and O–H groups in total. The van der Waals surface area contributed by atoms with E-state index in [9.17, 15) is 0 Å². The molecule has 3 unspecified atom stereocenters. The molecule has 1 saturated heterocycles. The lowest BCUT2D eigenvalue weighted by Crippen LogP contribution is -2.33. The van der Waals surface area contributed by atoms with Gasteiger partial charge in [0, 0.05) is 0 Å². The van der Waals surface area contributed by atoms with Crippen LogP contribution in [0.4, 0.5) is 0 Å². The van der Waals surface area contributed by atoms with Crippen LogP contribution in [-0.2, 0) is 0 Å². The van der Waals surface area contributed by atoms with Crippen LogP contribution in [0.3, 0.4) is 0 Å². The fourth-order valence-corrected chi connectivity index (χ4v) is 2.13. The Bertz CT molecular complexity index is 101. The van der Waals surface area contributed by atoms with Crippen molar-refractivity contribution in [2.75, 3.05) is 13.1 Å². The van der Waals surface area contributed by atoms with Gasteiger partial charge in [0.2, 0.25) is 0 Å². The highest BCUT2D eigenvalue weighted by atomic mass is 14.9. The molecule has 1 heteroatoms. The predicted octanol–water partition coefficient (Wildman–Crippen LogP) is 0.862. The van der Waals surface area contributed by atoms with Crippen LogP contribution in [0.2, 0.25) is 0 Å². The summed E-state index contributed by atoms with van der Waals surface area (Å²) in [4.78, 5) is 0. The zero-order valence-corrected chi connectivity index (χ0v) is 5.35. The summed E-state index contributed by atoms with van der Waals surface area (Å²) in [6, 6.07) is 0. The van der Waals surface area contributed by atoms with E-state index in [2.05, 4.69) is 12.2 Å². The van der Waals surface area contributed by atoms with Gasteiger partial charge in [0.25, 0.3) is 0 Å². The maximum absolute atomic E-state index is 3.41. The standard InChI is InChI=1S/C7H13N/c1-5-2-6-3-8-4-7(5)6/h5-8H,2-4H2,1H3. The number of nitrogens with one attached hydrogen (secondary N) is 1. The van der Waals surface area contributed by atoms with Gasteiger partial charge >= 0.3 is 0 Å². The second kappa shape index (κ2) is 1.47. The molecule has 0 aromatic heterocycles. The molecule has 2 aliphatic rings. The van der Waals surface area contributed by atoms with Gasteiger partial charge in [0.15, 0.2) is 0 Å². The third-order valence-electron chi connectivity index (χ3n) is 2.80. The smallest absolute Gasteiger partial charge is 0.00147 e. The average Bonchev–Trinajstić information content (AvgIpc) is 2.09. The SMILES string of the molecule is CC1CC2CNCC12. The Balaban J connectivity index is 2.02. The van der Waals surface area contributed by atoms with E-state index < -0.39 is 0 Å². The summed E-state index contributed by atoms with van der Waals surface area (Å²) in [6.07, 6.45) is 1.48.